The van der Waals surface area contributed by atoms with E-state index in [1.54, 1.807) is 6.08 Å². The van der Waals surface area contributed by atoms with Gasteiger partial charge in [0.1, 0.15) is 24.4 Å². The van der Waals surface area contributed by atoms with Crippen LogP contribution >= 0.6 is 0 Å². The van der Waals surface area contributed by atoms with Gasteiger partial charge >= 0.3 is 5.97 Å². The number of aliphatic hydroxyl groups excluding tert-OH is 6. The fourth-order valence-electron chi connectivity index (χ4n) is 4.11. The van der Waals surface area contributed by atoms with Crippen LogP contribution in [0.2, 0.25) is 0 Å². The molecule has 11 heteroatoms. The van der Waals surface area contributed by atoms with E-state index in [4.69, 9.17) is 18.9 Å². The van der Waals surface area contributed by atoms with Gasteiger partial charge in [0.05, 0.1) is 38.1 Å². The Morgan fingerprint density at radius 1 is 1.03 bits per heavy atom. The fraction of sp³-hybridized carbons (Fsp3) is 0.722. The molecule has 3 rings (SSSR count). The maximum Gasteiger partial charge on any atom is 0.337 e. The molecule has 0 spiro atoms. The minimum absolute atomic E-state index is 0.157. The standard InChI is InChI=1S/C18H26O11/c1-26-16(25)9-6-27-17(12-8(4-20)2-7(3-19)11(9)12)29-18-15(24)14(23)13(22)10(5-21)28-18/h2,6-7,10-15,17-24H,3-5H2,1H3/t7-,10+,11+,12+,13+,14-,15+,17-,18-/m0/s1. The van der Waals surface area contributed by atoms with Crippen molar-refractivity contribution in [1.29, 1.82) is 0 Å². The lowest BCUT2D eigenvalue weighted by Gasteiger charge is -2.43. The van der Waals surface area contributed by atoms with Crippen molar-refractivity contribution >= 4 is 5.97 Å². The van der Waals surface area contributed by atoms with Gasteiger partial charge in [0.15, 0.2) is 6.29 Å². The SMILES string of the molecule is COC(=O)C1=CO[C@@H](O[C@@H]2O[C@H](CO)[C@@H](O)[C@H](O)[C@H]2O)[C@@H]2C(CO)=C[C@@H](CO)[C@H]12. The summed E-state index contributed by atoms with van der Waals surface area (Å²) in [5.41, 5.74) is 0.614. The van der Waals surface area contributed by atoms with Crippen LogP contribution in [0, 0.1) is 17.8 Å². The molecule has 0 aromatic rings. The zero-order chi connectivity index (χ0) is 21.3. The van der Waals surface area contributed by atoms with Gasteiger partial charge in [-0.15, -0.1) is 0 Å². The van der Waals surface area contributed by atoms with E-state index in [1.165, 1.54) is 7.11 Å². The molecule has 0 saturated carbocycles. The summed E-state index contributed by atoms with van der Waals surface area (Å²) in [5, 5.41) is 58.8. The van der Waals surface area contributed by atoms with Crippen LogP contribution in [0.1, 0.15) is 0 Å². The van der Waals surface area contributed by atoms with E-state index in [0.717, 1.165) is 6.26 Å². The summed E-state index contributed by atoms with van der Waals surface area (Å²) in [7, 11) is 1.21. The Labute approximate surface area is 166 Å². The van der Waals surface area contributed by atoms with E-state index in [1.807, 2.05) is 0 Å². The van der Waals surface area contributed by atoms with Crippen molar-refractivity contribution in [1.82, 2.24) is 0 Å². The van der Waals surface area contributed by atoms with Crippen molar-refractivity contribution in [3.63, 3.8) is 0 Å². The molecule has 11 nitrogen and oxygen atoms in total. The molecule has 0 unspecified atom stereocenters. The Morgan fingerprint density at radius 2 is 1.76 bits per heavy atom. The largest absolute Gasteiger partial charge is 0.471 e. The Balaban J connectivity index is 1.87. The minimum Gasteiger partial charge on any atom is -0.471 e. The number of hydrogen-bond donors (Lipinski definition) is 6. The number of carbonyl (C=O) groups is 1. The molecular formula is C18H26O11. The first kappa shape index (κ1) is 22.1. The van der Waals surface area contributed by atoms with E-state index in [0.29, 0.717) is 5.57 Å². The lowest BCUT2D eigenvalue weighted by Crippen LogP contribution is -2.60. The molecular weight excluding hydrogens is 392 g/mol. The maximum absolute atomic E-state index is 12.1. The van der Waals surface area contributed by atoms with Crippen LogP contribution < -0.4 is 0 Å². The smallest absolute Gasteiger partial charge is 0.337 e. The summed E-state index contributed by atoms with van der Waals surface area (Å²) in [4.78, 5) is 12.1. The van der Waals surface area contributed by atoms with Gasteiger partial charge in [0.25, 0.3) is 0 Å². The summed E-state index contributed by atoms with van der Waals surface area (Å²) < 4.78 is 21.3. The van der Waals surface area contributed by atoms with Crippen molar-refractivity contribution in [3.8, 4) is 0 Å². The van der Waals surface area contributed by atoms with E-state index < -0.39 is 67.3 Å². The molecule has 9 atom stereocenters. The molecule has 0 aromatic heterocycles. The topological polar surface area (TPSA) is 175 Å². The fourth-order valence-corrected chi connectivity index (χ4v) is 4.11. The van der Waals surface area contributed by atoms with Crippen molar-refractivity contribution in [3.05, 3.63) is 23.5 Å². The highest BCUT2D eigenvalue weighted by molar-refractivity contribution is 5.89. The Bertz CT molecular complexity index is 660. The van der Waals surface area contributed by atoms with Gasteiger partial charge in [-0.25, -0.2) is 4.79 Å². The molecule has 3 aliphatic rings. The summed E-state index contributed by atoms with van der Waals surface area (Å²) >= 11 is 0. The van der Waals surface area contributed by atoms with E-state index in [-0.39, 0.29) is 18.8 Å². The first-order chi connectivity index (χ1) is 13.9. The summed E-state index contributed by atoms with van der Waals surface area (Å²) in [5.74, 6) is -2.48. The van der Waals surface area contributed by atoms with Crippen molar-refractivity contribution in [2.75, 3.05) is 26.9 Å². The second-order valence-corrected chi connectivity index (χ2v) is 7.20. The number of ether oxygens (including phenoxy) is 4. The molecule has 1 aliphatic carbocycles. The molecule has 1 fully saturated rings. The molecule has 0 amide bonds. The predicted molar refractivity (Wildman–Crippen MR) is 92.5 cm³/mol. The third kappa shape index (κ3) is 3.92. The Hall–Kier alpha value is -1.57. The predicted octanol–water partition coefficient (Wildman–Crippen LogP) is -3.01. The van der Waals surface area contributed by atoms with Crippen LogP contribution in [0.4, 0.5) is 0 Å². The molecule has 1 saturated heterocycles. The molecule has 0 aromatic carbocycles. The van der Waals surface area contributed by atoms with Crippen LogP contribution in [0.3, 0.4) is 0 Å². The first-order valence-corrected chi connectivity index (χ1v) is 9.20. The lowest BCUT2D eigenvalue weighted by atomic mass is 9.79. The second kappa shape index (κ2) is 9.06. The second-order valence-electron chi connectivity index (χ2n) is 7.20. The van der Waals surface area contributed by atoms with Crippen molar-refractivity contribution in [2.24, 2.45) is 17.8 Å². The molecule has 6 N–H and O–H groups in total. The summed E-state index contributed by atoms with van der Waals surface area (Å²) in [6, 6.07) is 0. The van der Waals surface area contributed by atoms with Crippen molar-refractivity contribution < 1.29 is 54.4 Å². The van der Waals surface area contributed by atoms with Gasteiger partial charge < -0.3 is 49.6 Å². The molecule has 2 heterocycles. The quantitative estimate of drug-likeness (QED) is 0.191. The minimum atomic E-state index is -1.64. The first-order valence-electron chi connectivity index (χ1n) is 9.20. The van der Waals surface area contributed by atoms with Gasteiger partial charge in [-0.2, -0.15) is 0 Å². The van der Waals surface area contributed by atoms with E-state index in [2.05, 4.69) is 0 Å². The van der Waals surface area contributed by atoms with Gasteiger partial charge in [-0.05, 0) is 5.57 Å². The number of carbonyl (C=O) groups excluding carboxylic acids is 1. The maximum atomic E-state index is 12.1. The number of hydrogen-bond acceptors (Lipinski definition) is 11. The number of aliphatic hydroxyl groups is 6. The highest BCUT2D eigenvalue weighted by atomic mass is 16.8. The number of rotatable bonds is 6. The highest BCUT2D eigenvalue weighted by Gasteiger charge is 2.52. The summed E-state index contributed by atoms with van der Waals surface area (Å²) in [6.45, 7) is -1.31. The molecule has 0 bridgehead atoms. The number of esters is 1. The third-order valence-electron chi connectivity index (χ3n) is 5.62. The molecule has 164 valence electrons. The van der Waals surface area contributed by atoms with Crippen molar-refractivity contribution in [2.45, 2.75) is 37.0 Å². The van der Waals surface area contributed by atoms with Crippen LogP contribution in [0.5, 0.6) is 0 Å². The average Bonchev–Trinajstić information content (AvgIpc) is 3.13. The average molecular weight is 418 g/mol. The van der Waals surface area contributed by atoms with Gasteiger partial charge in [-0.3, -0.25) is 0 Å². The normalized spacial score (nSPS) is 41.8. The van der Waals surface area contributed by atoms with E-state index in [9.17, 15) is 35.4 Å². The zero-order valence-electron chi connectivity index (χ0n) is 15.7. The highest BCUT2D eigenvalue weighted by Crippen LogP contribution is 2.47. The molecule has 29 heavy (non-hydrogen) atoms. The van der Waals surface area contributed by atoms with Crippen LogP contribution in [-0.4, -0.2) is 101 Å². The molecule has 2 aliphatic heterocycles. The number of fused-ring (bicyclic) bond motifs is 1. The third-order valence-corrected chi connectivity index (χ3v) is 5.62. The van der Waals surface area contributed by atoms with Crippen LogP contribution in [0.25, 0.3) is 0 Å². The monoisotopic (exact) mass is 418 g/mol. The van der Waals surface area contributed by atoms with Gasteiger partial charge in [0, 0.05) is 18.4 Å². The van der Waals surface area contributed by atoms with Gasteiger partial charge in [0.2, 0.25) is 6.29 Å². The lowest BCUT2D eigenvalue weighted by molar-refractivity contribution is -0.340. The number of methoxy groups -OCH3 is 1. The van der Waals surface area contributed by atoms with Crippen LogP contribution in [-0.2, 0) is 23.7 Å². The van der Waals surface area contributed by atoms with Gasteiger partial charge in [-0.1, -0.05) is 6.08 Å². The van der Waals surface area contributed by atoms with E-state index >= 15 is 0 Å². The van der Waals surface area contributed by atoms with Crippen LogP contribution in [0.15, 0.2) is 23.5 Å². The zero-order valence-corrected chi connectivity index (χ0v) is 15.7. The Kier molecular flexibility index (Phi) is 6.91. The molecule has 0 radical (unpaired) electrons. The summed E-state index contributed by atoms with van der Waals surface area (Å²) in [6.07, 6.45) is -5.82. The Morgan fingerprint density at radius 3 is 2.34 bits per heavy atom.